The number of thiophene rings is 1. The van der Waals surface area contributed by atoms with Crippen LogP contribution in [0.4, 0.5) is 5.69 Å². The molecular weight excluding hydrogens is 682 g/mol. The fourth-order valence-corrected chi connectivity index (χ4v) is 6.41. The second kappa shape index (κ2) is 16.4. The van der Waals surface area contributed by atoms with E-state index < -0.39 is 29.7 Å². The monoisotopic (exact) mass is 715 g/mol. The Hall–Kier alpha value is -5.26. The second-order valence-electron chi connectivity index (χ2n) is 11.5. The molecule has 1 fully saturated rings. The Kier molecular flexibility index (Phi) is 11.8. The molecule has 1 saturated carbocycles. The maximum atomic E-state index is 13.2. The van der Waals surface area contributed by atoms with Crippen molar-refractivity contribution in [3.05, 3.63) is 111 Å². The van der Waals surface area contributed by atoms with Gasteiger partial charge in [0, 0.05) is 23.9 Å². The van der Waals surface area contributed by atoms with E-state index in [9.17, 15) is 24.0 Å². The number of anilines is 1. The van der Waals surface area contributed by atoms with Crippen LogP contribution in [0.3, 0.4) is 0 Å². The van der Waals surface area contributed by atoms with Gasteiger partial charge in [-0.05, 0) is 117 Å². The summed E-state index contributed by atoms with van der Waals surface area (Å²) in [4.78, 5) is 65.4. The average molecular weight is 716 g/mol. The third-order valence-corrected chi connectivity index (χ3v) is 9.60. The molecule has 0 unspecified atom stereocenters. The molecule has 1 aliphatic rings. The van der Waals surface area contributed by atoms with Crippen LogP contribution in [-0.2, 0) is 14.3 Å². The lowest BCUT2D eigenvalue weighted by Gasteiger charge is -2.26. The zero-order valence-corrected chi connectivity index (χ0v) is 29.1. The van der Waals surface area contributed by atoms with Crippen molar-refractivity contribution < 1.29 is 42.9 Å². The van der Waals surface area contributed by atoms with Crippen LogP contribution >= 0.6 is 22.9 Å². The predicted octanol–water partition coefficient (Wildman–Crippen LogP) is 7.69. The Bertz CT molecular complexity index is 1910. The van der Waals surface area contributed by atoms with E-state index in [4.69, 9.17) is 30.5 Å². The second-order valence-corrected chi connectivity index (χ2v) is 13.2. The molecule has 0 aliphatic heterocycles. The fourth-order valence-electron chi connectivity index (χ4n) is 5.44. The number of nitrogens with zero attached hydrogens (tertiary/aromatic N) is 1. The van der Waals surface area contributed by atoms with Gasteiger partial charge in [0.15, 0.2) is 5.78 Å². The molecule has 0 N–H and O–H groups in total. The minimum atomic E-state index is -0.466. The van der Waals surface area contributed by atoms with Crippen molar-refractivity contribution in [3.8, 4) is 17.2 Å². The van der Waals surface area contributed by atoms with Crippen LogP contribution in [-0.4, -0.2) is 50.9 Å². The van der Waals surface area contributed by atoms with Gasteiger partial charge in [-0.15, -0.1) is 11.3 Å². The molecule has 10 nitrogen and oxygen atoms in total. The Morgan fingerprint density at radius 3 is 1.94 bits per heavy atom. The number of allylic oxidation sites excluding steroid dienone is 1. The lowest BCUT2D eigenvalue weighted by atomic mass is 9.82. The summed E-state index contributed by atoms with van der Waals surface area (Å²) < 4.78 is 21.9. The Balaban J connectivity index is 1.13. The summed E-state index contributed by atoms with van der Waals surface area (Å²) in [5.41, 5.74) is 1.85. The normalized spacial score (nSPS) is 15.6. The SMILES string of the molecule is COC(=O)c1ccc(N(C)C(=O)c2ccc(OC(=O)C3CCC(C(=O)Oc4ccc(OC)cc4/C=C/C(=O)c4ccc(Cl)s4)CC3)cc2)cc1. The highest BCUT2D eigenvalue weighted by Crippen LogP contribution is 2.33. The van der Waals surface area contributed by atoms with Gasteiger partial charge >= 0.3 is 17.9 Å². The van der Waals surface area contributed by atoms with Crippen LogP contribution < -0.4 is 19.1 Å². The third kappa shape index (κ3) is 8.85. The van der Waals surface area contributed by atoms with Crippen LogP contribution in [0.15, 0.2) is 84.9 Å². The summed E-state index contributed by atoms with van der Waals surface area (Å²) in [7, 11) is 4.44. The molecule has 258 valence electrons. The van der Waals surface area contributed by atoms with E-state index in [2.05, 4.69) is 0 Å². The van der Waals surface area contributed by atoms with Gasteiger partial charge in [0.05, 0.1) is 40.8 Å². The quantitative estimate of drug-likeness (QED) is 0.0665. The first-order chi connectivity index (χ1) is 24.1. The van der Waals surface area contributed by atoms with Gasteiger partial charge < -0.3 is 23.8 Å². The summed E-state index contributed by atoms with van der Waals surface area (Å²) in [6.45, 7) is 0. The number of esters is 3. The van der Waals surface area contributed by atoms with Crippen LogP contribution in [0, 0.1) is 11.8 Å². The van der Waals surface area contributed by atoms with Crippen molar-refractivity contribution in [3.63, 3.8) is 0 Å². The van der Waals surface area contributed by atoms with Gasteiger partial charge in [0.25, 0.3) is 5.91 Å². The van der Waals surface area contributed by atoms with Crippen molar-refractivity contribution in [2.45, 2.75) is 25.7 Å². The Morgan fingerprint density at radius 1 is 0.760 bits per heavy atom. The Labute approximate surface area is 298 Å². The minimum Gasteiger partial charge on any atom is -0.497 e. The first kappa shape index (κ1) is 36.0. The van der Waals surface area contributed by atoms with E-state index in [-0.39, 0.29) is 17.4 Å². The van der Waals surface area contributed by atoms with Crippen LogP contribution in [0.25, 0.3) is 6.08 Å². The van der Waals surface area contributed by atoms with Gasteiger partial charge in [-0.25, -0.2) is 4.79 Å². The number of methoxy groups -OCH3 is 2. The molecule has 5 rings (SSSR count). The van der Waals surface area contributed by atoms with Crippen molar-refractivity contribution >= 4 is 64.3 Å². The average Bonchev–Trinajstić information content (AvgIpc) is 3.59. The van der Waals surface area contributed by atoms with Crippen molar-refractivity contribution in [2.75, 3.05) is 26.2 Å². The van der Waals surface area contributed by atoms with Gasteiger partial charge in [0.2, 0.25) is 0 Å². The number of carbonyl (C=O) groups excluding carboxylic acids is 5. The topological polar surface area (TPSA) is 126 Å². The first-order valence-corrected chi connectivity index (χ1v) is 16.9. The lowest BCUT2D eigenvalue weighted by Crippen LogP contribution is -2.30. The smallest absolute Gasteiger partial charge is 0.337 e. The lowest BCUT2D eigenvalue weighted by molar-refractivity contribution is -0.145. The van der Waals surface area contributed by atoms with Gasteiger partial charge in [0.1, 0.15) is 17.2 Å². The minimum absolute atomic E-state index is 0.231. The van der Waals surface area contributed by atoms with Crippen molar-refractivity contribution in [1.82, 2.24) is 0 Å². The van der Waals surface area contributed by atoms with Crippen molar-refractivity contribution in [2.24, 2.45) is 11.8 Å². The number of carbonyl (C=O) groups is 5. The van der Waals surface area contributed by atoms with Crippen LogP contribution in [0.5, 0.6) is 17.2 Å². The number of hydrogen-bond acceptors (Lipinski definition) is 10. The largest absolute Gasteiger partial charge is 0.497 e. The molecule has 0 atom stereocenters. The summed E-state index contributed by atoms with van der Waals surface area (Å²) in [5.74, 6) is -1.48. The number of benzene rings is 3. The predicted molar refractivity (Wildman–Crippen MR) is 189 cm³/mol. The van der Waals surface area contributed by atoms with E-state index >= 15 is 0 Å². The zero-order valence-electron chi connectivity index (χ0n) is 27.6. The fraction of sp³-hybridized carbons (Fsp3) is 0.237. The molecule has 1 amide bonds. The van der Waals surface area contributed by atoms with E-state index in [1.807, 2.05) is 0 Å². The highest BCUT2D eigenvalue weighted by Gasteiger charge is 2.32. The molecule has 0 radical (unpaired) electrons. The molecule has 1 aromatic heterocycles. The molecule has 0 saturated heterocycles. The number of ether oxygens (including phenoxy) is 4. The molecule has 0 bridgehead atoms. The molecule has 1 heterocycles. The van der Waals surface area contributed by atoms with Crippen LogP contribution in [0.2, 0.25) is 4.34 Å². The molecule has 1 aliphatic carbocycles. The van der Waals surface area contributed by atoms with Crippen LogP contribution in [0.1, 0.15) is 61.6 Å². The summed E-state index contributed by atoms with van der Waals surface area (Å²) in [6.07, 6.45) is 4.74. The van der Waals surface area contributed by atoms with Gasteiger partial charge in [-0.2, -0.15) is 0 Å². The van der Waals surface area contributed by atoms with Crippen molar-refractivity contribution in [1.29, 1.82) is 0 Å². The van der Waals surface area contributed by atoms with E-state index in [0.717, 1.165) is 0 Å². The van der Waals surface area contributed by atoms with E-state index in [1.54, 1.807) is 92.0 Å². The molecule has 12 heteroatoms. The number of ketones is 1. The van der Waals surface area contributed by atoms with E-state index in [1.165, 1.54) is 36.5 Å². The maximum absolute atomic E-state index is 13.2. The van der Waals surface area contributed by atoms with Gasteiger partial charge in [-0.1, -0.05) is 11.6 Å². The third-order valence-electron chi connectivity index (χ3n) is 8.35. The number of amides is 1. The molecular formula is C38H34ClNO9S. The maximum Gasteiger partial charge on any atom is 0.337 e. The zero-order chi connectivity index (χ0) is 35.8. The highest BCUT2D eigenvalue weighted by molar-refractivity contribution is 7.18. The number of rotatable bonds is 11. The van der Waals surface area contributed by atoms with E-state index in [0.29, 0.717) is 68.8 Å². The summed E-state index contributed by atoms with van der Waals surface area (Å²) >= 11 is 7.13. The molecule has 4 aromatic rings. The molecule has 50 heavy (non-hydrogen) atoms. The van der Waals surface area contributed by atoms with Gasteiger partial charge in [-0.3, -0.25) is 19.2 Å². The Morgan fingerprint density at radius 2 is 1.36 bits per heavy atom. The molecule has 3 aromatic carbocycles. The molecule has 0 spiro atoms. The highest BCUT2D eigenvalue weighted by atomic mass is 35.5. The summed E-state index contributed by atoms with van der Waals surface area (Å²) in [5, 5.41) is 0. The first-order valence-electron chi connectivity index (χ1n) is 15.7. The standard InChI is InChI=1S/C38H34ClNO9S/c1-40(28-13-8-24(9-14-28)36(43)47-3)35(42)23-10-15-29(16-11-23)48-37(44)25-4-6-26(7-5-25)38(45)49-32-19-17-30(46-2)22-27(32)12-18-31(41)33-20-21-34(39)50-33/h8-22,25-26H,4-7H2,1-3H3/b18-12+. The number of halogens is 1. The number of hydrogen-bond donors (Lipinski definition) is 0. The summed E-state index contributed by atoms with van der Waals surface area (Å²) in [6, 6.07) is 21.0.